The monoisotopic (exact) mass is 377 g/mol. The number of carbonyl (C=O) groups excluding carboxylic acids is 1. The van der Waals surface area contributed by atoms with E-state index in [1.165, 1.54) is 0 Å². The minimum Gasteiger partial charge on any atom is -0.364 e. The van der Waals surface area contributed by atoms with Crippen molar-refractivity contribution in [3.05, 3.63) is 35.0 Å². The van der Waals surface area contributed by atoms with Crippen LogP contribution in [-0.2, 0) is 13.5 Å². The number of aryl methyl sites for hydroxylation is 2. The molecule has 1 amide bonds. The summed E-state index contributed by atoms with van der Waals surface area (Å²) in [6, 6.07) is 3.94. The van der Waals surface area contributed by atoms with Crippen LogP contribution >= 0.6 is 23.4 Å². The predicted octanol–water partition coefficient (Wildman–Crippen LogP) is 2.83. The highest BCUT2D eigenvalue weighted by Crippen LogP contribution is 2.36. The Balaban J connectivity index is 1.49. The van der Waals surface area contributed by atoms with Gasteiger partial charge in [-0.05, 0) is 36.6 Å². The number of fused-ring (bicyclic) bond motifs is 1. The first-order chi connectivity index (χ1) is 12.1. The van der Waals surface area contributed by atoms with Crippen molar-refractivity contribution in [1.82, 2.24) is 19.4 Å². The first-order valence-corrected chi connectivity index (χ1v) is 9.84. The molecule has 1 atom stereocenters. The van der Waals surface area contributed by atoms with E-state index >= 15 is 0 Å². The molecule has 6 nitrogen and oxygen atoms in total. The third-order valence-corrected chi connectivity index (χ3v) is 6.00. The quantitative estimate of drug-likeness (QED) is 0.833. The minimum atomic E-state index is 0.0827. The molecule has 1 N–H and O–H groups in total. The molecule has 4 heterocycles. The van der Waals surface area contributed by atoms with Gasteiger partial charge in [0.15, 0.2) is 0 Å². The number of hydrogen-bond acceptors (Lipinski definition) is 5. The van der Waals surface area contributed by atoms with E-state index < -0.39 is 0 Å². The van der Waals surface area contributed by atoms with Crippen LogP contribution in [0, 0.1) is 0 Å². The summed E-state index contributed by atoms with van der Waals surface area (Å²) in [5.41, 5.74) is 1.75. The van der Waals surface area contributed by atoms with E-state index in [0.29, 0.717) is 6.54 Å². The van der Waals surface area contributed by atoms with E-state index in [9.17, 15) is 4.79 Å². The van der Waals surface area contributed by atoms with Crippen LogP contribution in [0.5, 0.6) is 0 Å². The lowest BCUT2D eigenvalue weighted by atomic mass is 10.1. The van der Waals surface area contributed by atoms with Gasteiger partial charge in [0.1, 0.15) is 11.5 Å². The average Bonchev–Trinajstić information content (AvgIpc) is 3.23. The van der Waals surface area contributed by atoms with E-state index in [4.69, 9.17) is 11.6 Å². The van der Waals surface area contributed by atoms with Crippen molar-refractivity contribution in [1.29, 1.82) is 0 Å². The van der Waals surface area contributed by atoms with E-state index in [1.807, 2.05) is 34.8 Å². The third kappa shape index (κ3) is 3.35. The van der Waals surface area contributed by atoms with Crippen molar-refractivity contribution in [3.63, 3.8) is 0 Å². The zero-order chi connectivity index (χ0) is 17.4. The molecule has 2 aromatic heterocycles. The van der Waals surface area contributed by atoms with Gasteiger partial charge in [0, 0.05) is 44.5 Å². The van der Waals surface area contributed by atoms with Gasteiger partial charge in [0.2, 0.25) is 5.28 Å². The number of thioether (sulfide) groups is 1. The summed E-state index contributed by atoms with van der Waals surface area (Å²) in [5.74, 6) is 1.91. The summed E-state index contributed by atoms with van der Waals surface area (Å²) in [5, 5.41) is 3.80. The second-order valence-electron chi connectivity index (χ2n) is 6.45. The summed E-state index contributed by atoms with van der Waals surface area (Å²) in [6.07, 6.45) is 4.82. The normalized spacial score (nSPS) is 19.8. The Hall–Kier alpha value is -1.73. The highest BCUT2D eigenvalue weighted by molar-refractivity contribution is 7.99. The Labute approximate surface area is 156 Å². The second-order valence-corrected chi connectivity index (χ2v) is 7.90. The summed E-state index contributed by atoms with van der Waals surface area (Å²) in [6.45, 7) is 1.46. The molecule has 0 saturated carbocycles. The Morgan fingerprint density at radius 1 is 1.44 bits per heavy atom. The van der Waals surface area contributed by atoms with Crippen LogP contribution in [0.15, 0.2) is 23.2 Å². The molecule has 0 bridgehead atoms. The molecule has 0 aliphatic carbocycles. The summed E-state index contributed by atoms with van der Waals surface area (Å²) in [7, 11) is 1.90. The van der Waals surface area contributed by atoms with Crippen LogP contribution in [0.1, 0.15) is 29.0 Å². The number of piperidine rings is 1. The molecular formula is C17H20ClN5OS. The van der Waals surface area contributed by atoms with Crippen LogP contribution in [0.4, 0.5) is 5.82 Å². The molecule has 2 aromatic rings. The highest BCUT2D eigenvalue weighted by atomic mass is 35.5. The Bertz CT molecular complexity index is 808. The molecule has 132 valence electrons. The molecule has 1 unspecified atom stereocenters. The summed E-state index contributed by atoms with van der Waals surface area (Å²) in [4.78, 5) is 24.5. The maximum atomic E-state index is 12.7. The molecule has 2 aliphatic rings. The van der Waals surface area contributed by atoms with Crippen LogP contribution in [-0.4, -0.2) is 50.2 Å². The molecule has 1 saturated heterocycles. The lowest BCUT2D eigenvalue weighted by Gasteiger charge is -2.33. The summed E-state index contributed by atoms with van der Waals surface area (Å²) < 4.78 is 1.87. The van der Waals surface area contributed by atoms with Crippen LogP contribution in [0.25, 0.3) is 0 Å². The number of likely N-dealkylation sites (tertiary alicyclic amines) is 1. The molecule has 4 rings (SSSR count). The van der Waals surface area contributed by atoms with E-state index in [-0.39, 0.29) is 17.2 Å². The van der Waals surface area contributed by atoms with E-state index in [0.717, 1.165) is 53.7 Å². The standard InChI is InChI=1S/C17H20ClN5OS/c1-22-7-3-5-13(22)16(24)23-8-2-4-11(10-23)19-15-14-12(6-9-25-14)20-17(18)21-15/h3,5,7,11H,2,4,6,8-10H2,1H3,(H,19,20,21). The van der Waals surface area contributed by atoms with E-state index in [1.54, 1.807) is 11.8 Å². The number of halogens is 1. The SMILES string of the molecule is Cn1cccc1C(=O)N1CCCC(Nc2nc(Cl)nc3c2SCC3)C1. The molecule has 0 spiro atoms. The number of nitrogens with one attached hydrogen (secondary N) is 1. The fourth-order valence-electron chi connectivity index (χ4n) is 3.45. The van der Waals surface area contributed by atoms with Crippen molar-refractivity contribution in [3.8, 4) is 0 Å². The first-order valence-electron chi connectivity index (χ1n) is 8.48. The van der Waals surface area contributed by atoms with Crippen molar-refractivity contribution < 1.29 is 4.79 Å². The maximum absolute atomic E-state index is 12.7. The van der Waals surface area contributed by atoms with Gasteiger partial charge in [-0.25, -0.2) is 4.98 Å². The Morgan fingerprint density at radius 2 is 2.32 bits per heavy atom. The number of aromatic nitrogens is 3. The minimum absolute atomic E-state index is 0.0827. The Morgan fingerprint density at radius 3 is 3.12 bits per heavy atom. The average molecular weight is 378 g/mol. The number of rotatable bonds is 3. The number of amides is 1. The number of nitrogens with zero attached hydrogens (tertiary/aromatic N) is 4. The number of hydrogen-bond donors (Lipinski definition) is 1. The molecule has 2 aliphatic heterocycles. The lowest BCUT2D eigenvalue weighted by Crippen LogP contribution is -2.45. The topological polar surface area (TPSA) is 63.1 Å². The second kappa shape index (κ2) is 6.88. The number of carbonyl (C=O) groups is 1. The van der Waals surface area contributed by atoms with Gasteiger partial charge in [-0.1, -0.05) is 0 Å². The predicted molar refractivity (Wildman–Crippen MR) is 99.4 cm³/mol. The molecule has 8 heteroatoms. The van der Waals surface area contributed by atoms with Gasteiger partial charge in [0.05, 0.1) is 10.6 Å². The van der Waals surface area contributed by atoms with Gasteiger partial charge in [-0.15, -0.1) is 11.8 Å². The van der Waals surface area contributed by atoms with Gasteiger partial charge < -0.3 is 14.8 Å². The lowest BCUT2D eigenvalue weighted by molar-refractivity contribution is 0.0705. The largest absolute Gasteiger partial charge is 0.364 e. The zero-order valence-electron chi connectivity index (χ0n) is 14.0. The fourth-order valence-corrected chi connectivity index (χ4v) is 4.70. The van der Waals surface area contributed by atoms with Gasteiger partial charge in [-0.2, -0.15) is 4.98 Å². The van der Waals surface area contributed by atoms with Crippen molar-refractivity contribution in [2.45, 2.75) is 30.2 Å². The van der Waals surface area contributed by atoms with Crippen LogP contribution in [0.2, 0.25) is 5.28 Å². The molecular weight excluding hydrogens is 358 g/mol. The molecule has 1 fully saturated rings. The van der Waals surface area contributed by atoms with Crippen molar-refractivity contribution >= 4 is 35.1 Å². The van der Waals surface area contributed by atoms with Gasteiger partial charge >= 0.3 is 0 Å². The zero-order valence-corrected chi connectivity index (χ0v) is 15.6. The van der Waals surface area contributed by atoms with Gasteiger partial charge in [-0.3, -0.25) is 4.79 Å². The Kier molecular flexibility index (Phi) is 4.60. The van der Waals surface area contributed by atoms with Gasteiger partial charge in [0.25, 0.3) is 5.91 Å². The van der Waals surface area contributed by atoms with Crippen LogP contribution in [0.3, 0.4) is 0 Å². The van der Waals surface area contributed by atoms with Crippen molar-refractivity contribution in [2.75, 3.05) is 24.2 Å². The maximum Gasteiger partial charge on any atom is 0.270 e. The number of anilines is 1. The third-order valence-electron chi connectivity index (χ3n) is 4.71. The molecule has 0 aromatic carbocycles. The van der Waals surface area contributed by atoms with E-state index in [2.05, 4.69) is 15.3 Å². The summed E-state index contributed by atoms with van der Waals surface area (Å²) >= 11 is 7.84. The fraction of sp³-hybridized carbons (Fsp3) is 0.471. The smallest absolute Gasteiger partial charge is 0.270 e. The highest BCUT2D eigenvalue weighted by Gasteiger charge is 2.27. The molecule has 0 radical (unpaired) electrons. The first kappa shape index (κ1) is 16.7. The molecule has 25 heavy (non-hydrogen) atoms. The van der Waals surface area contributed by atoms with Crippen molar-refractivity contribution in [2.24, 2.45) is 7.05 Å². The van der Waals surface area contributed by atoms with Crippen LogP contribution < -0.4 is 5.32 Å².